The molecule has 123 valence electrons. The van der Waals surface area contributed by atoms with Crippen LogP contribution < -0.4 is 16.0 Å². The van der Waals surface area contributed by atoms with Gasteiger partial charge in [-0.25, -0.2) is 4.79 Å². The van der Waals surface area contributed by atoms with E-state index in [1.165, 1.54) is 22.3 Å². The highest BCUT2D eigenvalue weighted by Gasteiger charge is 2.30. The van der Waals surface area contributed by atoms with Crippen LogP contribution in [0.15, 0.2) is 36.4 Å². The normalized spacial score (nSPS) is 17.3. The van der Waals surface area contributed by atoms with Crippen molar-refractivity contribution >= 4 is 17.4 Å². The van der Waals surface area contributed by atoms with Crippen molar-refractivity contribution < 1.29 is 4.79 Å². The maximum Gasteiger partial charge on any atom is 0.346 e. The second-order valence-electron chi connectivity index (χ2n) is 6.71. The predicted octanol–water partition coefficient (Wildman–Crippen LogP) is 3.83. The first-order valence-electron chi connectivity index (χ1n) is 8.66. The zero-order valence-electron chi connectivity index (χ0n) is 13.9. The Morgan fingerprint density at radius 1 is 1.17 bits per heavy atom. The van der Waals surface area contributed by atoms with E-state index in [-0.39, 0.29) is 6.03 Å². The molecule has 2 aromatic rings. The summed E-state index contributed by atoms with van der Waals surface area (Å²) in [5, 5.41) is 10.7. The minimum absolute atomic E-state index is 0.236. The fourth-order valence-corrected chi connectivity index (χ4v) is 3.84. The first-order chi connectivity index (χ1) is 11.7. The summed E-state index contributed by atoms with van der Waals surface area (Å²) in [7, 11) is 0. The number of carbonyl (C=O) groups excluding carboxylic acids is 1. The number of nitrogens with one attached hydrogen (secondary N) is 2. The Hall–Kier alpha value is -2.33. The summed E-state index contributed by atoms with van der Waals surface area (Å²) in [6.07, 6.45) is 3.03. The smallest absolute Gasteiger partial charge is 0.317 e. The van der Waals surface area contributed by atoms with Gasteiger partial charge in [0.15, 0.2) is 0 Å². The minimum Gasteiger partial charge on any atom is -0.317 e. The van der Waals surface area contributed by atoms with Gasteiger partial charge >= 0.3 is 6.03 Å². The number of rotatable bonds is 3. The molecule has 2 aromatic carbocycles. The average Bonchev–Trinajstić information content (AvgIpc) is 3.00. The van der Waals surface area contributed by atoms with Crippen LogP contribution >= 0.6 is 0 Å². The van der Waals surface area contributed by atoms with E-state index >= 15 is 0 Å². The summed E-state index contributed by atoms with van der Waals surface area (Å²) in [5.74, 6) is 0.487. The molecular formula is C20H22N3O. The molecule has 0 aliphatic carbocycles. The first-order valence-corrected chi connectivity index (χ1v) is 8.66. The topological polar surface area (TPSA) is 55.2 Å². The lowest BCUT2D eigenvalue weighted by atomic mass is 9.85. The van der Waals surface area contributed by atoms with Gasteiger partial charge in [-0.3, -0.25) is 0 Å². The van der Waals surface area contributed by atoms with E-state index < -0.39 is 0 Å². The third kappa shape index (κ3) is 2.78. The number of nitrogens with zero attached hydrogens (tertiary/aromatic N) is 1. The average molecular weight is 320 g/mol. The summed E-state index contributed by atoms with van der Waals surface area (Å²) >= 11 is 0. The highest BCUT2D eigenvalue weighted by molar-refractivity contribution is 6.04. The molecule has 1 saturated heterocycles. The molecular weight excluding hydrogens is 298 g/mol. The molecule has 4 nitrogen and oxygen atoms in total. The maximum atomic E-state index is 12.0. The van der Waals surface area contributed by atoms with Crippen molar-refractivity contribution in [3.05, 3.63) is 58.7 Å². The molecule has 1 fully saturated rings. The molecule has 2 N–H and O–H groups in total. The van der Waals surface area contributed by atoms with Crippen LogP contribution in [0.5, 0.6) is 0 Å². The summed E-state index contributed by atoms with van der Waals surface area (Å²) in [4.78, 5) is 12.0. The van der Waals surface area contributed by atoms with Gasteiger partial charge in [-0.05, 0) is 67.4 Å². The van der Waals surface area contributed by atoms with E-state index in [2.05, 4.69) is 53.2 Å². The van der Waals surface area contributed by atoms with Crippen molar-refractivity contribution in [2.75, 3.05) is 18.4 Å². The highest BCUT2D eigenvalue weighted by atomic mass is 16.2. The largest absolute Gasteiger partial charge is 0.346 e. The molecule has 2 amide bonds. The Balaban J connectivity index is 1.76. The van der Waals surface area contributed by atoms with Crippen LogP contribution in [0.3, 0.4) is 0 Å². The molecule has 0 aromatic heterocycles. The molecule has 0 unspecified atom stereocenters. The SMILES string of the molecule is Cc1cc(C2CCNCC2)c2c(c1Cc1ccccc1)NC(=O)[N]2. The number of carbonyl (C=O) groups is 1. The Kier molecular flexibility index (Phi) is 3.98. The van der Waals surface area contributed by atoms with Crippen molar-refractivity contribution in [2.24, 2.45) is 0 Å². The number of benzene rings is 2. The quantitative estimate of drug-likeness (QED) is 0.903. The summed E-state index contributed by atoms with van der Waals surface area (Å²) in [6, 6.07) is 12.4. The standard InChI is InChI=1S/C20H22N3O/c1-13-11-17(15-7-9-21-10-8-15)19-18(22-20(24)23-19)16(13)12-14-5-3-2-4-6-14/h2-6,11,15,21H,7-10,12H2,1H3,(H,22,24). The fourth-order valence-electron chi connectivity index (χ4n) is 3.84. The van der Waals surface area contributed by atoms with Gasteiger partial charge in [0, 0.05) is 0 Å². The third-order valence-corrected chi connectivity index (χ3v) is 5.11. The first kappa shape index (κ1) is 15.2. The summed E-state index contributed by atoms with van der Waals surface area (Å²) in [5.41, 5.74) is 6.71. The predicted molar refractivity (Wildman–Crippen MR) is 96.1 cm³/mol. The Labute approximate surface area is 142 Å². The van der Waals surface area contributed by atoms with Crippen LogP contribution in [0.25, 0.3) is 0 Å². The van der Waals surface area contributed by atoms with Gasteiger partial charge in [0.2, 0.25) is 0 Å². The number of anilines is 1. The maximum absolute atomic E-state index is 12.0. The lowest BCUT2D eigenvalue weighted by Gasteiger charge is -2.25. The van der Waals surface area contributed by atoms with Crippen molar-refractivity contribution in [3.63, 3.8) is 0 Å². The molecule has 2 heterocycles. The van der Waals surface area contributed by atoms with Gasteiger partial charge < -0.3 is 10.6 Å². The summed E-state index contributed by atoms with van der Waals surface area (Å²) < 4.78 is 0. The molecule has 2 aliphatic heterocycles. The van der Waals surface area contributed by atoms with Crippen LogP contribution in [-0.4, -0.2) is 19.1 Å². The van der Waals surface area contributed by atoms with Crippen molar-refractivity contribution in [1.29, 1.82) is 0 Å². The molecule has 4 heteroatoms. The Morgan fingerprint density at radius 2 is 1.92 bits per heavy atom. The zero-order valence-corrected chi connectivity index (χ0v) is 13.9. The lowest BCUT2D eigenvalue weighted by Crippen LogP contribution is -2.27. The number of urea groups is 1. The van der Waals surface area contributed by atoms with E-state index in [1.54, 1.807) is 0 Å². The van der Waals surface area contributed by atoms with Gasteiger partial charge in [-0.2, -0.15) is 5.32 Å². The number of amides is 2. The van der Waals surface area contributed by atoms with Crippen LogP contribution in [-0.2, 0) is 6.42 Å². The van der Waals surface area contributed by atoms with Crippen LogP contribution in [0, 0.1) is 6.92 Å². The zero-order chi connectivity index (χ0) is 16.5. The molecule has 0 saturated carbocycles. The number of piperidine rings is 1. The number of fused-ring (bicyclic) bond motifs is 1. The molecule has 4 rings (SSSR count). The van der Waals surface area contributed by atoms with Gasteiger partial charge in [-0.1, -0.05) is 36.4 Å². The summed E-state index contributed by atoms with van der Waals surface area (Å²) in [6.45, 7) is 4.21. The van der Waals surface area contributed by atoms with Gasteiger partial charge in [0.05, 0.1) is 11.4 Å². The molecule has 24 heavy (non-hydrogen) atoms. The molecule has 0 spiro atoms. The van der Waals surface area contributed by atoms with Crippen molar-refractivity contribution in [2.45, 2.75) is 32.1 Å². The Bertz CT molecular complexity index is 764. The monoisotopic (exact) mass is 320 g/mol. The molecule has 0 atom stereocenters. The molecule has 1 radical (unpaired) electrons. The minimum atomic E-state index is -0.236. The second-order valence-corrected chi connectivity index (χ2v) is 6.71. The second kappa shape index (κ2) is 6.29. The Morgan fingerprint density at radius 3 is 2.67 bits per heavy atom. The van der Waals surface area contributed by atoms with E-state index in [1.807, 2.05) is 6.07 Å². The van der Waals surface area contributed by atoms with E-state index in [0.29, 0.717) is 5.92 Å². The van der Waals surface area contributed by atoms with Gasteiger partial charge in [-0.15, -0.1) is 0 Å². The third-order valence-electron chi connectivity index (χ3n) is 5.11. The fraction of sp³-hybridized carbons (Fsp3) is 0.350. The van der Waals surface area contributed by atoms with Crippen molar-refractivity contribution in [3.8, 4) is 0 Å². The van der Waals surface area contributed by atoms with Crippen LogP contribution in [0.1, 0.15) is 41.0 Å². The van der Waals surface area contributed by atoms with Gasteiger partial charge in [0.25, 0.3) is 0 Å². The van der Waals surface area contributed by atoms with E-state index in [0.717, 1.165) is 43.7 Å². The van der Waals surface area contributed by atoms with Crippen molar-refractivity contribution in [1.82, 2.24) is 10.6 Å². The highest BCUT2D eigenvalue weighted by Crippen LogP contribution is 2.43. The van der Waals surface area contributed by atoms with E-state index in [4.69, 9.17) is 0 Å². The molecule has 0 bridgehead atoms. The number of hydrogen-bond acceptors (Lipinski definition) is 2. The van der Waals surface area contributed by atoms with E-state index in [9.17, 15) is 4.79 Å². The molecule has 2 aliphatic rings. The lowest BCUT2D eigenvalue weighted by molar-refractivity contribution is 0.256. The van der Waals surface area contributed by atoms with Crippen LogP contribution in [0.4, 0.5) is 16.2 Å². The number of aryl methyl sites for hydroxylation is 1. The van der Waals surface area contributed by atoms with Gasteiger partial charge in [0.1, 0.15) is 0 Å². The van der Waals surface area contributed by atoms with Crippen LogP contribution in [0.2, 0.25) is 0 Å². The number of hydrogen-bond donors (Lipinski definition) is 2.